The van der Waals surface area contributed by atoms with Gasteiger partial charge in [-0.3, -0.25) is 9.18 Å². The summed E-state index contributed by atoms with van der Waals surface area (Å²) < 4.78 is 30.6. The van der Waals surface area contributed by atoms with Crippen molar-refractivity contribution >= 4 is 6.29 Å². The second-order valence-corrected chi connectivity index (χ2v) is 3.37. The topological polar surface area (TPSA) is 52.3 Å². The fourth-order valence-electron chi connectivity index (χ4n) is 1.09. The maximum Gasteiger partial charge on any atom is 0.165 e. The lowest BCUT2D eigenvalue weighted by Crippen LogP contribution is -2.23. The molecular formula is C11H13F2NO2. The molecule has 0 saturated carbocycles. The first-order valence-electron chi connectivity index (χ1n) is 4.84. The zero-order chi connectivity index (χ0) is 12.0. The molecule has 2 N–H and O–H groups in total. The third kappa shape index (κ3) is 3.27. The van der Waals surface area contributed by atoms with Gasteiger partial charge in [-0.2, -0.15) is 0 Å². The number of nitrogens with two attached hydrogens (primary N) is 1. The molecule has 0 spiro atoms. The van der Waals surface area contributed by atoms with Crippen LogP contribution in [0.2, 0.25) is 0 Å². The van der Waals surface area contributed by atoms with E-state index in [0.29, 0.717) is 6.29 Å². The van der Waals surface area contributed by atoms with E-state index in [1.807, 2.05) is 0 Å². The predicted octanol–water partition coefficient (Wildman–Crippen LogP) is 1.56. The molecule has 0 radical (unpaired) electrons. The van der Waals surface area contributed by atoms with Gasteiger partial charge in [0, 0.05) is 18.0 Å². The minimum Gasteiger partial charge on any atom is -0.490 e. The molecule has 1 aromatic carbocycles. The Hall–Kier alpha value is -1.49. The summed E-state index contributed by atoms with van der Waals surface area (Å²) in [6.45, 7) is -0.445. The van der Waals surface area contributed by atoms with E-state index in [-0.39, 0.29) is 24.5 Å². The van der Waals surface area contributed by atoms with E-state index in [1.54, 1.807) is 0 Å². The highest BCUT2D eigenvalue weighted by Crippen LogP contribution is 2.18. The summed E-state index contributed by atoms with van der Waals surface area (Å²) in [5.74, 6) is -1.08. The van der Waals surface area contributed by atoms with Gasteiger partial charge in [0.1, 0.15) is 6.29 Å². The second-order valence-electron chi connectivity index (χ2n) is 3.37. The molecular weight excluding hydrogens is 216 g/mol. The van der Waals surface area contributed by atoms with E-state index in [1.165, 1.54) is 12.1 Å². The molecule has 0 amide bonds. The molecule has 0 aliphatic rings. The Morgan fingerprint density at radius 2 is 2.25 bits per heavy atom. The third-order valence-electron chi connectivity index (χ3n) is 2.12. The number of aldehydes is 1. The molecule has 0 aliphatic heterocycles. The van der Waals surface area contributed by atoms with Gasteiger partial charge in [-0.05, 0) is 18.2 Å². The molecule has 0 heterocycles. The van der Waals surface area contributed by atoms with Gasteiger partial charge < -0.3 is 10.5 Å². The Labute approximate surface area is 92.2 Å². The van der Waals surface area contributed by atoms with Crippen molar-refractivity contribution in [2.45, 2.75) is 0 Å². The highest BCUT2D eigenvalue weighted by molar-refractivity contribution is 5.74. The van der Waals surface area contributed by atoms with E-state index >= 15 is 0 Å². The fraction of sp³-hybridized carbons (Fsp3) is 0.364. The summed E-state index contributed by atoms with van der Waals surface area (Å²) in [5.41, 5.74) is 5.50. The summed E-state index contributed by atoms with van der Waals surface area (Å²) in [5, 5.41) is 0. The van der Waals surface area contributed by atoms with E-state index in [4.69, 9.17) is 10.5 Å². The molecule has 3 nitrogen and oxygen atoms in total. The highest BCUT2D eigenvalue weighted by atomic mass is 19.1. The number of hydrogen-bond donors (Lipinski definition) is 1. The predicted molar refractivity (Wildman–Crippen MR) is 55.8 cm³/mol. The van der Waals surface area contributed by atoms with Gasteiger partial charge >= 0.3 is 0 Å². The average Bonchev–Trinajstić information content (AvgIpc) is 2.32. The molecule has 1 atom stereocenters. The normalized spacial score (nSPS) is 12.2. The van der Waals surface area contributed by atoms with Crippen LogP contribution in [-0.2, 0) is 0 Å². The quantitative estimate of drug-likeness (QED) is 0.753. The fourth-order valence-corrected chi connectivity index (χ4v) is 1.09. The van der Waals surface area contributed by atoms with Crippen LogP contribution in [0.1, 0.15) is 10.4 Å². The van der Waals surface area contributed by atoms with Crippen molar-refractivity contribution in [3.8, 4) is 5.75 Å². The maximum absolute atomic E-state index is 13.3. The van der Waals surface area contributed by atoms with Crippen LogP contribution in [0.25, 0.3) is 0 Å². The largest absolute Gasteiger partial charge is 0.490 e. The van der Waals surface area contributed by atoms with E-state index in [9.17, 15) is 13.6 Å². The number of carbonyl (C=O) groups is 1. The first-order chi connectivity index (χ1) is 7.71. The summed E-state index contributed by atoms with van der Waals surface area (Å²) >= 11 is 0. The lowest BCUT2D eigenvalue weighted by atomic mass is 10.2. The maximum atomic E-state index is 13.3. The third-order valence-corrected chi connectivity index (χ3v) is 2.12. The Morgan fingerprint density at radius 3 is 2.75 bits per heavy atom. The lowest BCUT2D eigenvalue weighted by molar-refractivity contribution is 0.112. The molecule has 16 heavy (non-hydrogen) atoms. The van der Waals surface area contributed by atoms with Crippen molar-refractivity contribution < 1.29 is 18.3 Å². The molecule has 1 aromatic rings. The van der Waals surface area contributed by atoms with E-state index in [2.05, 4.69) is 0 Å². The Balaban J connectivity index is 2.63. The average molecular weight is 229 g/mol. The molecule has 1 unspecified atom stereocenters. The Morgan fingerprint density at radius 1 is 1.50 bits per heavy atom. The molecule has 0 fully saturated rings. The molecule has 88 valence electrons. The smallest absolute Gasteiger partial charge is 0.165 e. The minimum absolute atomic E-state index is 0.00231. The van der Waals surface area contributed by atoms with Crippen LogP contribution >= 0.6 is 0 Å². The van der Waals surface area contributed by atoms with Crippen molar-refractivity contribution in [2.75, 3.05) is 19.8 Å². The summed E-state index contributed by atoms with van der Waals surface area (Å²) in [6, 6.07) is 3.83. The van der Waals surface area contributed by atoms with Gasteiger partial charge in [-0.1, -0.05) is 0 Å². The van der Waals surface area contributed by atoms with Gasteiger partial charge in [0.05, 0.1) is 13.3 Å². The number of carbonyl (C=O) groups excluding carboxylic acids is 1. The van der Waals surface area contributed by atoms with Crippen LogP contribution in [-0.4, -0.2) is 26.1 Å². The SMILES string of the molecule is NCC(CF)COc1ccc(C=O)cc1F. The zero-order valence-corrected chi connectivity index (χ0v) is 8.66. The van der Waals surface area contributed by atoms with Gasteiger partial charge in [-0.25, -0.2) is 4.39 Å². The van der Waals surface area contributed by atoms with Crippen LogP contribution in [0, 0.1) is 11.7 Å². The van der Waals surface area contributed by atoms with Crippen LogP contribution in [0.3, 0.4) is 0 Å². The molecule has 5 heteroatoms. The number of hydrogen-bond acceptors (Lipinski definition) is 3. The van der Waals surface area contributed by atoms with E-state index in [0.717, 1.165) is 6.07 Å². The first-order valence-corrected chi connectivity index (χ1v) is 4.84. The minimum atomic E-state index is -0.640. The second kappa shape index (κ2) is 6.17. The summed E-state index contributed by atoms with van der Waals surface area (Å²) in [6.07, 6.45) is 0.539. The Bertz CT molecular complexity index is 354. The zero-order valence-electron chi connectivity index (χ0n) is 8.66. The van der Waals surface area contributed by atoms with Crippen molar-refractivity contribution in [3.05, 3.63) is 29.6 Å². The van der Waals surface area contributed by atoms with Crippen LogP contribution in [0.4, 0.5) is 8.78 Å². The Kier molecular flexibility index (Phi) is 4.85. The first kappa shape index (κ1) is 12.6. The van der Waals surface area contributed by atoms with Crippen molar-refractivity contribution in [2.24, 2.45) is 11.7 Å². The highest BCUT2D eigenvalue weighted by Gasteiger charge is 2.09. The standard InChI is InChI=1S/C11H13F2NO2/c12-4-9(5-14)7-16-11-2-1-8(6-15)3-10(11)13/h1-3,6,9H,4-5,7,14H2. The number of benzene rings is 1. The van der Waals surface area contributed by atoms with Gasteiger partial charge in [0.25, 0.3) is 0 Å². The summed E-state index contributed by atoms with van der Waals surface area (Å²) in [4.78, 5) is 10.4. The number of rotatable bonds is 6. The van der Waals surface area contributed by atoms with Gasteiger partial charge in [0.15, 0.2) is 11.6 Å². The van der Waals surface area contributed by atoms with Crippen molar-refractivity contribution in [1.29, 1.82) is 0 Å². The lowest BCUT2D eigenvalue weighted by Gasteiger charge is -2.12. The monoisotopic (exact) mass is 229 g/mol. The molecule has 0 aromatic heterocycles. The number of halogens is 2. The van der Waals surface area contributed by atoms with Gasteiger partial charge in [-0.15, -0.1) is 0 Å². The van der Waals surface area contributed by atoms with Crippen LogP contribution < -0.4 is 10.5 Å². The van der Waals surface area contributed by atoms with Gasteiger partial charge in [0.2, 0.25) is 0 Å². The summed E-state index contributed by atoms with van der Waals surface area (Å²) in [7, 11) is 0. The van der Waals surface area contributed by atoms with Crippen LogP contribution in [0.5, 0.6) is 5.75 Å². The van der Waals surface area contributed by atoms with Crippen LogP contribution in [0.15, 0.2) is 18.2 Å². The van der Waals surface area contributed by atoms with Crippen molar-refractivity contribution in [1.82, 2.24) is 0 Å². The van der Waals surface area contributed by atoms with E-state index < -0.39 is 18.4 Å². The molecule has 0 aliphatic carbocycles. The molecule has 0 saturated heterocycles. The molecule has 0 bridgehead atoms. The van der Waals surface area contributed by atoms with Crippen molar-refractivity contribution in [3.63, 3.8) is 0 Å². The number of ether oxygens (including phenoxy) is 1. The molecule has 1 rings (SSSR count). The number of alkyl halides is 1.